The van der Waals surface area contributed by atoms with Gasteiger partial charge in [0.25, 0.3) is 0 Å². The van der Waals surface area contributed by atoms with Gasteiger partial charge in [-0.15, -0.1) is 10.2 Å². The Hall–Kier alpha value is -3.18. The summed E-state index contributed by atoms with van der Waals surface area (Å²) in [5.74, 6) is 2.67. The van der Waals surface area contributed by atoms with E-state index in [4.69, 9.17) is 14.9 Å². The minimum Gasteiger partial charge on any atom is -0.457 e. The maximum Gasteiger partial charge on any atom is 0.232 e. The molecule has 0 bridgehead atoms. The molecule has 2 unspecified atom stereocenters. The number of ether oxygens (including phenoxy) is 1. The number of allylic oxidation sites excluding steroid dienone is 4. The molecule has 1 aliphatic rings. The summed E-state index contributed by atoms with van der Waals surface area (Å²) in [4.78, 5) is 0. The van der Waals surface area contributed by atoms with E-state index in [2.05, 4.69) is 55.3 Å². The number of para-hydroxylation sites is 2. The predicted octanol–water partition coefficient (Wildman–Crippen LogP) is 6.88. The maximum atomic E-state index is 6.09. The minimum atomic E-state index is -0.277. The lowest BCUT2D eigenvalue weighted by atomic mass is 9.92. The van der Waals surface area contributed by atoms with Crippen LogP contribution in [0.1, 0.15) is 75.4 Å². The van der Waals surface area contributed by atoms with Crippen molar-refractivity contribution in [1.82, 2.24) is 10.2 Å². The van der Waals surface area contributed by atoms with Gasteiger partial charge in [0.05, 0.1) is 12.0 Å². The minimum absolute atomic E-state index is 0.0464. The highest BCUT2D eigenvalue weighted by molar-refractivity contribution is 5.48. The van der Waals surface area contributed by atoms with Gasteiger partial charge >= 0.3 is 0 Å². The molecule has 0 aliphatic carbocycles. The van der Waals surface area contributed by atoms with Crippen LogP contribution in [0, 0.1) is 0 Å². The first-order chi connectivity index (χ1) is 15.5. The van der Waals surface area contributed by atoms with E-state index in [0.29, 0.717) is 11.8 Å². The third-order valence-corrected chi connectivity index (χ3v) is 5.28. The highest BCUT2D eigenvalue weighted by Crippen LogP contribution is 2.41. The number of rotatable bonds is 5. The highest BCUT2D eigenvalue weighted by atomic mass is 16.5. The van der Waals surface area contributed by atoms with Crippen molar-refractivity contribution in [1.29, 1.82) is 0 Å². The highest BCUT2D eigenvalue weighted by Gasteiger charge is 2.29. The summed E-state index contributed by atoms with van der Waals surface area (Å²) >= 11 is 0. The van der Waals surface area contributed by atoms with Crippen molar-refractivity contribution >= 4 is 0 Å². The fourth-order valence-corrected chi connectivity index (χ4v) is 3.61. The Morgan fingerprint density at radius 1 is 1.12 bits per heavy atom. The Kier molecular flexibility index (Phi) is 8.40. The lowest BCUT2D eigenvalue weighted by molar-refractivity contribution is 0.411. The normalized spacial score (nSPS) is 16.3. The van der Waals surface area contributed by atoms with E-state index in [9.17, 15) is 0 Å². The molecule has 0 fully saturated rings. The third kappa shape index (κ3) is 5.95. The molecule has 1 aromatic heterocycles. The SMILES string of the molecule is C/C=C\C/C(C)=C\CC.CC(N)c1nnc(C2Cc3ccccc3Oc3ccccc32)o1. The molecule has 168 valence electrons. The van der Waals surface area contributed by atoms with E-state index in [1.807, 2.05) is 49.4 Å². The molecular weight excluding hydrogens is 398 g/mol. The summed E-state index contributed by atoms with van der Waals surface area (Å²) in [6.45, 7) is 8.22. The van der Waals surface area contributed by atoms with Crippen LogP contribution in [0.5, 0.6) is 11.5 Å². The lowest BCUT2D eigenvalue weighted by Gasteiger charge is -2.12. The van der Waals surface area contributed by atoms with Gasteiger partial charge in [0.15, 0.2) is 0 Å². The van der Waals surface area contributed by atoms with Gasteiger partial charge in [-0.2, -0.15) is 0 Å². The Bertz CT molecular complexity index is 1070. The van der Waals surface area contributed by atoms with Crippen LogP contribution in [0.4, 0.5) is 0 Å². The van der Waals surface area contributed by atoms with E-state index in [1.54, 1.807) is 0 Å². The van der Waals surface area contributed by atoms with Crippen LogP contribution >= 0.6 is 0 Å². The molecule has 0 saturated carbocycles. The van der Waals surface area contributed by atoms with Crippen LogP contribution in [0.15, 0.2) is 76.7 Å². The van der Waals surface area contributed by atoms with Gasteiger partial charge < -0.3 is 14.9 Å². The molecule has 1 aliphatic heterocycles. The summed E-state index contributed by atoms with van der Waals surface area (Å²) in [5.41, 5.74) is 9.47. The zero-order chi connectivity index (χ0) is 22.9. The van der Waals surface area contributed by atoms with E-state index in [1.165, 1.54) is 5.57 Å². The predicted molar refractivity (Wildman–Crippen MR) is 129 cm³/mol. The molecule has 0 spiro atoms. The summed E-state index contributed by atoms with van der Waals surface area (Å²) in [5, 5.41) is 8.29. The molecule has 0 saturated heterocycles. The average molecular weight is 432 g/mol. The maximum absolute atomic E-state index is 6.09. The van der Waals surface area contributed by atoms with Crippen molar-refractivity contribution in [3.05, 3.63) is 95.2 Å². The first-order valence-corrected chi connectivity index (χ1v) is 11.2. The number of aromatic nitrogens is 2. The van der Waals surface area contributed by atoms with Crippen LogP contribution in [0.25, 0.3) is 0 Å². The van der Waals surface area contributed by atoms with Crippen LogP contribution in [-0.4, -0.2) is 10.2 Å². The second-order valence-corrected chi connectivity index (χ2v) is 8.00. The van der Waals surface area contributed by atoms with Crippen LogP contribution in [0.2, 0.25) is 0 Å². The molecule has 4 rings (SSSR count). The number of nitrogens with zero attached hydrogens (tertiary/aromatic N) is 2. The molecule has 0 radical (unpaired) electrons. The molecular formula is C27H33N3O2. The van der Waals surface area contributed by atoms with Gasteiger partial charge in [-0.3, -0.25) is 0 Å². The first-order valence-electron chi connectivity index (χ1n) is 11.2. The zero-order valence-electron chi connectivity index (χ0n) is 19.4. The second-order valence-electron chi connectivity index (χ2n) is 8.00. The first kappa shape index (κ1) is 23.5. The Labute approximate surface area is 191 Å². The molecule has 0 amide bonds. The summed E-state index contributed by atoms with van der Waals surface area (Å²) in [6.07, 6.45) is 9.55. The fraction of sp³-hybridized carbons (Fsp3) is 0.333. The Morgan fingerprint density at radius 3 is 2.53 bits per heavy atom. The average Bonchev–Trinajstić information content (AvgIpc) is 3.22. The largest absolute Gasteiger partial charge is 0.457 e. The second kappa shape index (κ2) is 11.4. The van der Waals surface area contributed by atoms with Gasteiger partial charge in [-0.05, 0) is 57.7 Å². The molecule has 2 N–H and O–H groups in total. The van der Waals surface area contributed by atoms with Crippen molar-refractivity contribution in [2.45, 2.75) is 58.9 Å². The monoisotopic (exact) mass is 431 g/mol. The molecule has 5 heteroatoms. The van der Waals surface area contributed by atoms with Gasteiger partial charge in [0.1, 0.15) is 11.5 Å². The van der Waals surface area contributed by atoms with Crippen molar-refractivity contribution in [3.8, 4) is 11.5 Å². The molecule has 5 nitrogen and oxygen atoms in total. The van der Waals surface area contributed by atoms with Crippen LogP contribution in [0.3, 0.4) is 0 Å². The Morgan fingerprint density at radius 2 is 1.84 bits per heavy atom. The van der Waals surface area contributed by atoms with E-state index in [0.717, 1.165) is 41.9 Å². The van der Waals surface area contributed by atoms with E-state index >= 15 is 0 Å². The van der Waals surface area contributed by atoms with Crippen molar-refractivity contribution in [3.63, 3.8) is 0 Å². The van der Waals surface area contributed by atoms with Crippen molar-refractivity contribution < 1.29 is 9.15 Å². The topological polar surface area (TPSA) is 74.2 Å². The summed E-state index contributed by atoms with van der Waals surface area (Å²) in [6, 6.07) is 15.7. The molecule has 2 atom stereocenters. The number of nitrogens with two attached hydrogens (primary N) is 1. The van der Waals surface area contributed by atoms with Crippen molar-refractivity contribution in [2.75, 3.05) is 0 Å². The standard InChI is InChI=1S/C18H17N3O2.C9H16/c1-11(19)17-20-21-18(23-17)14-10-12-6-2-4-8-15(12)22-16-9-5-3-7-13(14)16;1-4-6-8-9(3)7-5-2/h2-9,11,14H,10,19H2,1H3;4,6-7H,5,8H2,1-3H3/b;6-4-,9-7-. The fourth-order valence-electron chi connectivity index (χ4n) is 3.61. The van der Waals surface area contributed by atoms with E-state index in [-0.39, 0.29) is 12.0 Å². The van der Waals surface area contributed by atoms with Gasteiger partial charge in [0.2, 0.25) is 11.8 Å². The summed E-state index contributed by atoms with van der Waals surface area (Å²) in [7, 11) is 0. The molecule has 32 heavy (non-hydrogen) atoms. The van der Waals surface area contributed by atoms with Crippen LogP contribution in [-0.2, 0) is 6.42 Å². The molecule has 3 aromatic rings. The lowest BCUT2D eigenvalue weighted by Crippen LogP contribution is -2.05. The Balaban J connectivity index is 0.000000275. The van der Waals surface area contributed by atoms with Crippen molar-refractivity contribution in [2.24, 2.45) is 5.73 Å². The zero-order valence-corrected chi connectivity index (χ0v) is 19.4. The number of benzene rings is 2. The summed E-state index contributed by atoms with van der Waals surface area (Å²) < 4.78 is 11.9. The van der Waals surface area contributed by atoms with Crippen LogP contribution < -0.4 is 10.5 Å². The van der Waals surface area contributed by atoms with Gasteiger partial charge in [0, 0.05) is 5.56 Å². The number of hydrogen-bond donors (Lipinski definition) is 1. The van der Waals surface area contributed by atoms with Gasteiger partial charge in [-0.1, -0.05) is 67.1 Å². The quantitative estimate of drug-likeness (QED) is 0.446. The smallest absolute Gasteiger partial charge is 0.232 e. The number of fused-ring (bicyclic) bond motifs is 2. The molecule has 2 heterocycles. The molecule has 2 aromatic carbocycles. The van der Waals surface area contributed by atoms with Gasteiger partial charge in [-0.25, -0.2) is 0 Å². The third-order valence-electron chi connectivity index (χ3n) is 5.28. The number of hydrogen-bond acceptors (Lipinski definition) is 5. The van der Waals surface area contributed by atoms with E-state index < -0.39 is 0 Å².